The second kappa shape index (κ2) is 4.95. The molecule has 1 aromatic heterocycles. The molecule has 2 aromatic carbocycles. The van der Waals surface area contributed by atoms with Crippen LogP contribution in [-0.2, 0) is 11.3 Å². The molecule has 1 atom stereocenters. The largest absolute Gasteiger partial charge is 0.426 e. The third-order valence-electron chi connectivity index (χ3n) is 2.88. The van der Waals surface area contributed by atoms with Crippen molar-refractivity contribution in [3.8, 4) is 5.75 Å². The maximum atomic E-state index is 11.4. The number of H-pyrrole nitrogens is 1. The normalized spacial score (nSPS) is 12.4. The molecule has 6 nitrogen and oxygen atoms in total. The molecule has 0 fully saturated rings. The van der Waals surface area contributed by atoms with E-state index in [2.05, 4.69) is 4.98 Å². The van der Waals surface area contributed by atoms with Crippen LogP contribution in [0.3, 0.4) is 0 Å². The van der Waals surface area contributed by atoms with Crippen molar-refractivity contribution in [2.24, 2.45) is 0 Å². The van der Waals surface area contributed by atoms with Gasteiger partial charge in [0.15, 0.2) is 5.75 Å². The molecule has 20 heavy (non-hydrogen) atoms. The Labute approximate surface area is 116 Å². The molecule has 0 spiro atoms. The quantitative estimate of drug-likeness (QED) is 0.632. The number of benzene rings is 2. The molecule has 0 bridgehead atoms. The van der Waals surface area contributed by atoms with Gasteiger partial charge in [-0.05, 0) is 12.1 Å². The minimum atomic E-state index is -2.45. The molecule has 3 aromatic rings. The Morgan fingerprint density at radius 1 is 1.15 bits per heavy atom. The monoisotopic (exact) mass is 290 g/mol. The van der Waals surface area contributed by atoms with Crippen LogP contribution < -0.4 is 9.46 Å². The fourth-order valence-electron chi connectivity index (χ4n) is 2.12. The molecular weight excluding hydrogens is 280 g/mol. The standard InChI is InChI=1S/C13H10N2O4S/c16-13(15-20(17)18)19-11-7-3-5-9-8-4-1-2-6-10(8)14-12(9)11/h1-7,14H,(H,15,16)(H,17,18). The highest BCUT2D eigenvalue weighted by Crippen LogP contribution is 2.31. The average Bonchev–Trinajstić information content (AvgIpc) is 2.78. The Morgan fingerprint density at radius 2 is 1.90 bits per heavy atom. The molecule has 7 heteroatoms. The zero-order valence-electron chi connectivity index (χ0n) is 10.1. The molecule has 0 radical (unpaired) electrons. The highest BCUT2D eigenvalue weighted by atomic mass is 32.2. The summed E-state index contributed by atoms with van der Waals surface area (Å²) in [5, 5.41) is 1.93. The third kappa shape index (κ3) is 2.24. The first-order valence-electron chi connectivity index (χ1n) is 5.74. The van der Waals surface area contributed by atoms with Gasteiger partial charge in [-0.1, -0.05) is 30.3 Å². The number of nitrogens with one attached hydrogen (secondary N) is 2. The number of hydrogen-bond donors (Lipinski definition) is 3. The van der Waals surface area contributed by atoms with Crippen molar-refractivity contribution >= 4 is 39.2 Å². The molecule has 0 saturated heterocycles. The number of ether oxygens (including phenoxy) is 1. The van der Waals surface area contributed by atoms with E-state index in [1.807, 2.05) is 30.3 Å². The van der Waals surface area contributed by atoms with E-state index in [-0.39, 0.29) is 0 Å². The number of rotatable bonds is 2. The number of amides is 1. The number of hydrogen-bond acceptors (Lipinski definition) is 3. The van der Waals surface area contributed by atoms with E-state index in [0.717, 1.165) is 16.3 Å². The first kappa shape index (κ1) is 12.6. The molecule has 3 rings (SSSR count). The van der Waals surface area contributed by atoms with Crippen LogP contribution >= 0.6 is 0 Å². The van der Waals surface area contributed by atoms with E-state index in [9.17, 15) is 9.00 Å². The van der Waals surface area contributed by atoms with Crippen LogP contribution in [0.15, 0.2) is 42.5 Å². The fourth-order valence-corrected chi connectivity index (χ4v) is 2.31. The second-order valence-electron chi connectivity index (χ2n) is 4.09. The van der Waals surface area contributed by atoms with Gasteiger partial charge in [-0.15, -0.1) is 0 Å². The predicted molar refractivity (Wildman–Crippen MR) is 75.7 cm³/mol. The first-order valence-corrected chi connectivity index (χ1v) is 6.84. The Balaban J connectivity index is 2.07. The van der Waals surface area contributed by atoms with Crippen LogP contribution in [0.25, 0.3) is 21.8 Å². The van der Waals surface area contributed by atoms with E-state index >= 15 is 0 Å². The van der Waals surface area contributed by atoms with Gasteiger partial charge in [0.2, 0.25) is 0 Å². The molecule has 1 unspecified atom stereocenters. The van der Waals surface area contributed by atoms with Gasteiger partial charge in [0.1, 0.15) is 0 Å². The van der Waals surface area contributed by atoms with Crippen molar-refractivity contribution < 1.29 is 18.3 Å². The number of carbonyl (C=O) groups is 1. The Kier molecular flexibility index (Phi) is 3.13. The fraction of sp³-hybridized carbons (Fsp3) is 0. The van der Waals surface area contributed by atoms with Crippen LogP contribution in [0.2, 0.25) is 0 Å². The van der Waals surface area contributed by atoms with E-state index in [1.165, 1.54) is 0 Å². The smallest absolute Gasteiger partial charge is 0.407 e. The van der Waals surface area contributed by atoms with E-state index in [1.54, 1.807) is 16.9 Å². The Morgan fingerprint density at radius 3 is 2.70 bits per heavy atom. The Hall–Kier alpha value is -2.38. The summed E-state index contributed by atoms with van der Waals surface area (Å²) >= 11 is -2.45. The van der Waals surface area contributed by atoms with E-state index in [4.69, 9.17) is 9.29 Å². The SMILES string of the molecule is O=C(NS(=O)O)Oc1cccc2c1[nH]c1ccccc12. The van der Waals surface area contributed by atoms with Gasteiger partial charge in [-0.2, -0.15) is 0 Å². The summed E-state index contributed by atoms with van der Waals surface area (Å²) in [5.74, 6) is 0.293. The van der Waals surface area contributed by atoms with Crippen molar-refractivity contribution in [2.75, 3.05) is 0 Å². The lowest BCUT2D eigenvalue weighted by Crippen LogP contribution is -2.28. The molecule has 3 N–H and O–H groups in total. The average molecular weight is 290 g/mol. The zero-order valence-corrected chi connectivity index (χ0v) is 10.9. The molecule has 1 amide bonds. The maximum absolute atomic E-state index is 11.4. The summed E-state index contributed by atoms with van der Waals surface area (Å²) in [6.07, 6.45) is -0.989. The van der Waals surface area contributed by atoms with Gasteiger partial charge in [0.25, 0.3) is 11.3 Å². The van der Waals surface area contributed by atoms with Crippen LogP contribution in [0.1, 0.15) is 0 Å². The number of aromatic nitrogens is 1. The van der Waals surface area contributed by atoms with Gasteiger partial charge < -0.3 is 9.72 Å². The van der Waals surface area contributed by atoms with Gasteiger partial charge in [0.05, 0.1) is 5.52 Å². The van der Waals surface area contributed by atoms with Crippen LogP contribution in [-0.4, -0.2) is 19.8 Å². The topological polar surface area (TPSA) is 91.4 Å². The van der Waals surface area contributed by atoms with Gasteiger partial charge in [-0.25, -0.2) is 13.7 Å². The highest BCUT2D eigenvalue weighted by Gasteiger charge is 2.12. The van der Waals surface area contributed by atoms with Crippen molar-refractivity contribution in [3.05, 3.63) is 42.5 Å². The number of aromatic amines is 1. The summed E-state index contributed by atoms with van der Waals surface area (Å²) in [6.45, 7) is 0. The predicted octanol–water partition coefficient (Wildman–Crippen LogP) is 2.55. The van der Waals surface area contributed by atoms with Gasteiger partial charge in [-0.3, -0.25) is 4.55 Å². The van der Waals surface area contributed by atoms with Crippen LogP contribution in [0, 0.1) is 0 Å². The molecule has 102 valence electrons. The van der Waals surface area contributed by atoms with Crippen molar-refractivity contribution in [3.63, 3.8) is 0 Å². The molecular formula is C13H10N2O4S. The second-order valence-corrected chi connectivity index (χ2v) is 4.79. The summed E-state index contributed by atoms with van der Waals surface area (Å²) in [4.78, 5) is 14.5. The van der Waals surface area contributed by atoms with Gasteiger partial charge >= 0.3 is 6.09 Å². The van der Waals surface area contributed by atoms with Crippen molar-refractivity contribution in [2.45, 2.75) is 0 Å². The van der Waals surface area contributed by atoms with E-state index < -0.39 is 17.4 Å². The summed E-state index contributed by atoms with van der Waals surface area (Å²) in [5.41, 5.74) is 1.58. The molecule has 0 aliphatic carbocycles. The summed E-state index contributed by atoms with van der Waals surface area (Å²) < 4.78 is 25.9. The van der Waals surface area contributed by atoms with E-state index in [0.29, 0.717) is 11.3 Å². The lowest BCUT2D eigenvalue weighted by molar-refractivity contribution is 0.207. The van der Waals surface area contributed by atoms with Crippen molar-refractivity contribution in [1.29, 1.82) is 0 Å². The van der Waals surface area contributed by atoms with Gasteiger partial charge in [0, 0.05) is 16.3 Å². The summed E-state index contributed by atoms with van der Waals surface area (Å²) in [7, 11) is 0. The lowest BCUT2D eigenvalue weighted by Gasteiger charge is -2.04. The van der Waals surface area contributed by atoms with Crippen LogP contribution in [0.5, 0.6) is 5.75 Å². The minimum Gasteiger partial charge on any atom is -0.407 e. The molecule has 0 aliphatic heterocycles. The number of para-hydroxylation sites is 2. The minimum absolute atomic E-state index is 0.293. The molecule has 1 heterocycles. The summed E-state index contributed by atoms with van der Waals surface area (Å²) in [6, 6.07) is 13.0. The van der Waals surface area contributed by atoms with Crippen molar-refractivity contribution in [1.82, 2.24) is 9.71 Å². The number of fused-ring (bicyclic) bond motifs is 3. The lowest BCUT2D eigenvalue weighted by atomic mass is 10.1. The van der Waals surface area contributed by atoms with Crippen LogP contribution in [0.4, 0.5) is 4.79 Å². The molecule has 0 saturated carbocycles. The zero-order chi connectivity index (χ0) is 14.1. The number of carbonyl (C=O) groups excluding carboxylic acids is 1. The Bertz CT molecular complexity index is 827. The first-order chi connectivity index (χ1) is 9.65. The third-order valence-corrected chi connectivity index (χ3v) is 3.22. The maximum Gasteiger partial charge on any atom is 0.426 e. The highest BCUT2D eigenvalue weighted by molar-refractivity contribution is 7.77. The molecule has 0 aliphatic rings.